The minimum absolute atomic E-state index is 0.00930. The van der Waals surface area contributed by atoms with Crippen LogP contribution in [0.25, 0.3) is 22.8 Å². The van der Waals surface area contributed by atoms with E-state index in [4.69, 9.17) is 9.15 Å². The second kappa shape index (κ2) is 5.55. The molecule has 2 aliphatic rings. The highest BCUT2D eigenvalue weighted by molar-refractivity contribution is 5.81. The molecule has 1 N–H and O–H groups in total. The van der Waals surface area contributed by atoms with E-state index < -0.39 is 0 Å². The lowest BCUT2D eigenvalue weighted by atomic mass is 10.1. The third kappa shape index (κ3) is 2.55. The monoisotopic (exact) mass is 331 g/mol. The average Bonchev–Trinajstić information content (AvgIpc) is 3.25. The van der Waals surface area contributed by atoms with Crippen LogP contribution in [-0.4, -0.2) is 27.1 Å². The first-order valence-corrected chi connectivity index (χ1v) is 7.93. The molecule has 5 rings (SSSR count). The molecule has 0 saturated carbocycles. The molecule has 1 atom stereocenters. The molecule has 4 heterocycles. The fraction of sp³-hybridized carbons (Fsp3) is 0.111. The highest BCUT2D eigenvalue weighted by Crippen LogP contribution is 2.25. The van der Waals surface area contributed by atoms with Gasteiger partial charge in [-0.3, -0.25) is 0 Å². The van der Waals surface area contributed by atoms with Crippen molar-refractivity contribution in [3.8, 4) is 11.6 Å². The van der Waals surface area contributed by atoms with Gasteiger partial charge in [-0.1, -0.05) is 18.2 Å². The molecule has 0 aromatic carbocycles. The molecule has 1 saturated heterocycles. The van der Waals surface area contributed by atoms with Crippen molar-refractivity contribution in [3.63, 3.8) is 0 Å². The van der Waals surface area contributed by atoms with E-state index in [1.807, 2.05) is 30.4 Å². The van der Waals surface area contributed by atoms with Crippen LogP contribution in [0.5, 0.6) is 0 Å². The Kier molecular flexibility index (Phi) is 3.09. The van der Waals surface area contributed by atoms with Crippen LogP contribution in [0.2, 0.25) is 0 Å². The maximum absolute atomic E-state index is 5.79. The number of aliphatic imine (C=N–C) groups is 1. The van der Waals surface area contributed by atoms with Crippen molar-refractivity contribution in [2.75, 3.05) is 0 Å². The van der Waals surface area contributed by atoms with Crippen molar-refractivity contribution in [1.29, 1.82) is 0 Å². The Labute approximate surface area is 142 Å². The van der Waals surface area contributed by atoms with Gasteiger partial charge in [0.25, 0.3) is 6.02 Å². The number of nitrogens with one attached hydrogen (secondary N) is 1. The standard InChI is InChI=1S/C18H13N5O2/c1-2-7-13-11(5-1)21-18(25-13)22-15-9-3-6-12(20-15)17-23-16-14(24-17)8-4-10-19-16/h1-6,8-10,13H,7H2,(H,20,21,22). The molecule has 1 aliphatic carbocycles. The number of amidine groups is 1. The summed E-state index contributed by atoms with van der Waals surface area (Å²) in [6, 6.07) is 9.55. The number of hydrogen-bond donors (Lipinski definition) is 1. The van der Waals surface area contributed by atoms with Crippen LogP contribution in [0.15, 0.2) is 69.9 Å². The van der Waals surface area contributed by atoms with Crippen LogP contribution in [0.4, 0.5) is 5.82 Å². The van der Waals surface area contributed by atoms with Crippen molar-refractivity contribution in [1.82, 2.24) is 20.3 Å². The number of aromatic nitrogens is 3. The molecular formula is C18H13N5O2. The third-order valence-electron chi connectivity index (χ3n) is 3.95. The highest BCUT2D eigenvalue weighted by atomic mass is 16.5. The summed E-state index contributed by atoms with van der Waals surface area (Å²) in [5.41, 5.74) is 2.79. The van der Waals surface area contributed by atoms with Crippen molar-refractivity contribution in [3.05, 3.63) is 60.5 Å². The molecular weight excluding hydrogens is 318 g/mol. The first kappa shape index (κ1) is 13.9. The van der Waals surface area contributed by atoms with Gasteiger partial charge in [0.1, 0.15) is 11.8 Å². The summed E-state index contributed by atoms with van der Waals surface area (Å²) in [6.07, 6.45) is 8.59. The summed E-state index contributed by atoms with van der Waals surface area (Å²) in [7, 11) is 0. The molecule has 0 spiro atoms. The van der Waals surface area contributed by atoms with Crippen molar-refractivity contribution in [2.45, 2.75) is 12.5 Å². The van der Waals surface area contributed by atoms with E-state index in [2.05, 4.69) is 31.3 Å². The van der Waals surface area contributed by atoms with Crippen LogP contribution in [0.3, 0.4) is 0 Å². The topological polar surface area (TPSA) is 85.4 Å². The lowest BCUT2D eigenvalue weighted by molar-refractivity contribution is 0.251. The van der Waals surface area contributed by atoms with Gasteiger partial charge >= 0.3 is 0 Å². The predicted octanol–water partition coefficient (Wildman–Crippen LogP) is 3.10. The Bertz CT molecular complexity index is 1020. The molecule has 7 nitrogen and oxygen atoms in total. The fourth-order valence-corrected chi connectivity index (χ4v) is 2.77. The largest absolute Gasteiger partial charge is 0.455 e. The van der Waals surface area contributed by atoms with E-state index in [0.717, 1.165) is 12.1 Å². The summed E-state index contributed by atoms with van der Waals surface area (Å²) in [5, 5.41) is 3.17. The van der Waals surface area contributed by atoms with E-state index in [1.165, 1.54) is 0 Å². The number of nitrogens with zero attached hydrogens (tertiary/aromatic N) is 4. The van der Waals surface area contributed by atoms with Crippen molar-refractivity contribution in [2.24, 2.45) is 4.99 Å². The summed E-state index contributed by atoms with van der Waals surface area (Å²) in [5.74, 6) is 0.930. The molecule has 3 aromatic heterocycles. The normalized spacial score (nSPS) is 20.2. The molecule has 3 aromatic rings. The summed E-state index contributed by atoms with van der Waals surface area (Å²) in [4.78, 5) is 17.5. The van der Waals surface area contributed by atoms with Gasteiger partial charge in [-0.05, 0) is 30.3 Å². The number of allylic oxidation sites excluding steroid dienone is 2. The van der Waals surface area contributed by atoms with Gasteiger partial charge in [0.15, 0.2) is 17.0 Å². The first-order chi connectivity index (χ1) is 12.3. The summed E-state index contributed by atoms with van der Waals surface area (Å²) >= 11 is 0. The SMILES string of the molecule is C1=CCC2OC(=Nc3cccc(-c4nc5ncccc5o4)n3)NC2=C1. The Morgan fingerprint density at radius 1 is 1.16 bits per heavy atom. The quantitative estimate of drug-likeness (QED) is 0.776. The summed E-state index contributed by atoms with van der Waals surface area (Å²) in [6.45, 7) is 0. The van der Waals surface area contributed by atoms with Gasteiger partial charge in [-0.25, -0.2) is 9.97 Å². The third-order valence-corrected chi connectivity index (χ3v) is 3.95. The number of fused-ring (bicyclic) bond motifs is 2. The van der Waals surface area contributed by atoms with E-state index >= 15 is 0 Å². The molecule has 1 fully saturated rings. The van der Waals surface area contributed by atoms with E-state index in [-0.39, 0.29) is 6.10 Å². The molecule has 7 heteroatoms. The molecule has 1 aliphatic heterocycles. The van der Waals surface area contributed by atoms with Gasteiger partial charge in [0, 0.05) is 12.6 Å². The van der Waals surface area contributed by atoms with Crippen molar-refractivity contribution < 1.29 is 9.15 Å². The smallest absolute Gasteiger partial charge is 0.296 e. The van der Waals surface area contributed by atoms with Gasteiger partial charge in [0.05, 0.1) is 5.70 Å². The second-order valence-corrected chi connectivity index (χ2v) is 5.66. The minimum Gasteiger partial charge on any atom is -0.455 e. The second-order valence-electron chi connectivity index (χ2n) is 5.66. The Hall–Kier alpha value is -3.48. The fourth-order valence-electron chi connectivity index (χ4n) is 2.77. The Morgan fingerprint density at radius 3 is 3.08 bits per heavy atom. The van der Waals surface area contributed by atoms with E-state index in [0.29, 0.717) is 34.7 Å². The van der Waals surface area contributed by atoms with Crippen LogP contribution in [-0.2, 0) is 4.74 Å². The number of oxazole rings is 1. The van der Waals surface area contributed by atoms with E-state index in [1.54, 1.807) is 18.3 Å². The minimum atomic E-state index is 0.00930. The maximum atomic E-state index is 5.79. The Morgan fingerprint density at radius 2 is 2.16 bits per heavy atom. The van der Waals surface area contributed by atoms with Gasteiger partial charge in [-0.15, -0.1) is 0 Å². The van der Waals surface area contributed by atoms with Crippen LogP contribution < -0.4 is 5.32 Å². The number of ether oxygens (including phenoxy) is 1. The number of pyridine rings is 2. The van der Waals surface area contributed by atoms with Gasteiger partial charge in [-0.2, -0.15) is 9.98 Å². The molecule has 0 radical (unpaired) electrons. The highest BCUT2D eigenvalue weighted by Gasteiger charge is 2.27. The Balaban J connectivity index is 1.46. The zero-order valence-electron chi connectivity index (χ0n) is 13.1. The van der Waals surface area contributed by atoms with Crippen LogP contribution in [0, 0.1) is 0 Å². The molecule has 1 unspecified atom stereocenters. The van der Waals surface area contributed by atoms with Crippen LogP contribution in [0.1, 0.15) is 6.42 Å². The number of rotatable bonds is 2. The predicted molar refractivity (Wildman–Crippen MR) is 92.0 cm³/mol. The molecule has 122 valence electrons. The van der Waals surface area contributed by atoms with Gasteiger partial charge < -0.3 is 14.5 Å². The van der Waals surface area contributed by atoms with E-state index in [9.17, 15) is 0 Å². The molecule has 0 bridgehead atoms. The molecule has 25 heavy (non-hydrogen) atoms. The summed E-state index contributed by atoms with van der Waals surface area (Å²) < 4.78 is 11.5. The zero-order chi connectivity index (χ0) is 16.6. The van der Waals surface area contributed by atoms with Crippen LogP contribution >= 0.6 is 0 Å². The maximum Gasteiger partial charge on any atom is 0.296 e. The molecule has 0 amide bonds. The average molecular weight is 331 g/mol. The lowest BCUT2D eigenvalue weighted by Crippen LogP contribution is -2.14. The lowest BCUT2D eigenvalue weighted by Gasteiger charge is -2.08. The zero-order valence-corrected chi connectivity index (χ0v) is 13.1. The number of hydrogen-bond acceptors (Lipinski definition) is 6. The van der Waals surface area contributed by atoms with Crippen molar-refractivity contribution >= 4 is 23.1 Å². The first-order valence-electron chi connectivity index (χ1n) is 7.93. The van der Waals surface area contributed by atoms with Gasteiger partial charge in [0.2, 0.25) is 5.89 Å².